The molecule has 0 aliphatic heterocycles. The van der Waals surface area contributed by atoms with Crippen LogP contribution in [-0.4, -0.2) is 0 Å². The molecule has 0 fully saturated rings. The van der Waals surface area contributed by atoms with Crippen LogP contribution >= 0.6 is 0 Å². The number of hydrogen-bond acceptors (Lipinski definition) is 0. The fourth-order valence-corrected chi connectivity index (χ4v) is 0.606. The monoisotopic (exact) mass is 148 g/mol. The Kier molecular flexibility index (Phi) is 6.40. The molecule has 0 aromatic carbocycles. The Morgan fingerprint density at radius 3 is 2.64 bits per heavy atom. The summed E-state index contributed by atoms with van der Waals surface area (Å²) in [5.74, 6) is 0. The first kappa shape index (κ1) is 9.96. The molecule has 0 saturated heterocycles. The Morgan fingerprint density at radius 2 is 2.09 bits per heavy atom. The zero-order valence-electron chi connectivity index (χ0n) is 7.22. The van der Waals surface area contributed by atoms with Gasteiger partial charge < -0.3 is 0 Å². The molecule has 0 radical (unpaired) electrons. The summed E-state index contributed by atoms with van der Waals surface area (Å²) in [6, 6.07) is 0. The van der Waals surface area contributed by atoms with E-state index in [1.807, 2.05) is 6.08 Å². The van der Waals surface area contributed by atoms with Crippen molar-refractivity contribution in [2.24, 2.45) is 0 Å². The summed E-state index contributed by atoms with van der Waals surface area (Å²) in [5.41, 5.74) is 1.18. The van der Waals surface area contributed by atoms with E-state index in [4.69, 9.17) is 0 Å². The van der Waals surface area contributed by atoms with Crippen LogP contribution in [0.5, 0.6) is 0 Å². The van der Waals surface area contributed by atoms with Crippen molar-refractivity contribution in [3.8, 4) is 0 Å². The third kappa shape index (κ3) is 6.85. The molecule has 0 heteroatoms. The molecule has 0 saturated carbocycles. The normalized spacial score (nSPS) is 11.0. The maximum Gasteiger partial charge on any atom is -0.0163 e. The second-order valence-electron chi connectivity index (χ2n) is 2.31. The summed E-state index contributed by atoms with van der Waals surface area (Å²) in [7, 11) is 0. The molecule has 0 aromatic rings. The van der Waals surface area contributed by atoms with Crippen molar-refractivity contribution in [3.63, 3.8) is 0 Å². The van der Waals surface area contributed by atoms with Gasteiger partial charge in [0.2, 0.25) is 0 Å². The van der Waals surface area contributed by atoms with Gasteiger partial charge in [-0.2, -0.15) is 0 Å². The third-order valence-corrected chi connectivity index (χ3v) is 1.35. The minimum atomic E-state index is 0.963. The lowest BCUT2D eigenvalue weighted by molar-refractivity contribution is 1.15. The fourth-order valence-electron chi connectivity index (χ4n) is 0.606. The fraction of sp³-hybridized carbons (Fsp3) is 0.273. The Labute approximate surface area is 69.6 Å². The van der Waals surface area contributed by atoms with E-state index in [1.54, 1.807) is 6.08 Å². The van der Waals surface area contributed by atoms with Gasteiger partial charge in [0.15, 0.2) is 0 Å². The van der Waals surface area contributed by atoms with Gasteiger partial charge in [-0.3, -0.25) is 0 Å². The summed E-state index contributed by atoms with van der Waals surface area (Å²) in [6.07, 6.45) is 11.9. The molecule has 0 nitrogen and oxygen atoms in total. The smallest absolute Gasteiger partial charge is 0.0163 e. The highest BCUT2D eigenvalue weighted by atomic mass is 13.8. The Bertz CT molecular complexity index is 170. The van der Waals surface area contributed by atoms with Gasteiger partial charge in [-0.25, -0.2) is 0 Å². The van der Waals surface area contributed by atoms with Crippen molar-refractivity contribution >= 4 is 0 Å². The van der Waals surface area contributed by atoms with Crippen LogP contribution in [0.4, 0.5) is 0 Å². The lowest BCUT2D eigenvalue weighted by Gasteiger charge is -1.88. The number of allylic oxidation sites excluding steroid dienone is 6. The molecule has 60 valence electrons. The molecule has 0 aliphatic rings. The van der Waals surface area contributed by atoms with Gasteiger partial charge in [-0.1, -0.05) is 56.0 Å². The highest BCUT2D eigenvalue weighted by Crippen LogP contribution is 1.99. The van der Waals surface area contributed by atoms with E-state index >= 15 is 0 Å². The summed E-state index contributed by atoms with van der Waals surface area (Å²) < 4.78 is 0. The SMILES string of the molecule is C=C/C=C/C/C=C/C(=C)CC. The highest BCUT2D eigenvalue weighted by molar-refractivity contribution is 5.14. The molecule has 0 unspecified atom stereocenters. The Hall–Kier alpha value is -1.04. The minimum Gasteiger partial charge on any atom is -0.0991 e. The molecular weight excluding hydrogens is 132 g/mol. The Morgan fingerprint density at radius 1 is 1.36 bits per heavy atom. The zero-order valence-corrected chi connectivity index (χ0v) is 7.22. The van der Waals surface area contributed by atoms with Crippen molar-refractivity contribution < 1.29 is 0 Å². The molecule has 0 rings (SSSR count). The largest absolute Gasteiger partial charge is 0.0991 e. The molecule has 0 aromatic heterocycles. The first-order valence-electron chi connectivity index (χ1n) is 3.93. The van der Waals surface area contributed by atoms with Gasteiger partial charge in [-0.15, -0.1) is 0 Å². The summed E-state index contributed by atoms with van der Waals surface area (Å²) in [5, 5.41) is 0. The molecule has 0 N–H and O–H groups in total. The lowest BCUT2D eigenvalue weighted by atomic mass is 10.2. The number of rotatable bonds is 5. The molecular formula is C11H16. The van der Waals surface area contributed by atoms with E-state index in [-0.39, 0.29) is 0 Å². The second kappa shape index (κ2) is 7.07. The van der Waals surface area contributed by atoms with Crippen LogP contribution in [0.25, 0.3) is 0 Å². The van der Waals surface area contributed by atoms with E-state index in [0.29, 0.717) is 0 Å². The van der Waals surface area contributed by atoms with E-state index in [0.717, 1.165) is 12.8 Å². The lowest BCUT2D eigenvalue weighted by Crippen LogP contribution is -1.68. The predicted octanol–water partition coefficient (Wildman–Crippen LogP) is 3.64. The molecule has 0 bridgehead atoms. The van der Waals surface area contributed by atoms with E-state index in [1.165, 1.54) is 5.57 Å². The van der Waals surface area contributed by atoms with Crippen LogP contribution in [0.15, 0.2) is 49.1 Å². The molecule has 0 heterocycles. The predicted molar refractivity (Wildman–Crippen MR) is 52.5 cm³/mol. The van der Waals surface area contributed by atoms with Crippen LogP contribution in [0, 0.1) is 0 Å². The van der Waals surface area contributed by atoms with Gasteiger partial charge in [-0.05, 0) is 12.8 Å². The number of hydrogen-bond donors (Lipinski definition) is 0. The average molecular weight is 148 g/mol. The maximum absolute atomic E-state index is 3.86. The zero-order chi connectivity index (χ0) is 8.53. The minimum absolute atomic E-state index is 0.963. The summed E-state index contributed by atoms with van der Waals surface area (Å²) in [4.78, 5) is 0. The van der Waals surface area contributed by atoms with Crippen LogP contribution in [0.2, 0.25) is 0 Å². The van der Waals surface area contributed by atoms with Crippen molar-refractivity contribution in [1.82, 2.24) is 0 Å². The second-order valence-corrected chi connectivity index (χ2v) is 2.31. The van der Waals surface area contributed by atoms with E-state index in [2.05, 4.69) is 38.3 Å². The third-order valence-electron chi connectivity index (χ3n) is 1.35. The van der Waals surface area contributed by atoms with Crippen LogP contribution in [0.3, 0.4) is 0 Å². The molecule has 0 aliphatic carbocycles. The Balaban J connectivity index is 3.52. The maximum atomic E-state index is 3.86. The van der Waals surface area contributed by atoms with Gasteiger partial charge >= 0.3 is 0 Å². The van der Waals surface area contributed by atoms with Gasteiger partial charge in [0.25, 0.3) is 0 Å². The summed E-state index contributed by atoms with van der Waals surface area (Å²) in [6.45, 7) is 9.54. The van der Waals surface area contributed by atoms with Crippen molar-refractivity contribution in [3.05, 3.63) is 49.1 Å². The van der Waals surface area contributed by atoms with Gasteiger partial charge in [0.1, 0.15) is 0 Å². The topological polar surface area (TPSA) is 0 Å². The van der Waals surface area contributed by atoms with Crippen molar-refractivity contribution in [1.29, 1.82) is 0 Å². The molecule has 0 spiro atoms. The molecule has 11 heavy (non-hydrogen) atoms. The summed E-state index contributed by atoms with van der Waals surface area (Å²) >= 11 is 0. The van der Waals surface area contributed by atoms with Crippen molar-refractivity contribution in [2.45, 2.75) is 19.8 Å². The van der Waals surface area contributed by atoms with Crippen molar-refractivity contribution in [2.75, 3.05) is 0 Å². The first-order valence-corrected chi connectivity index (χ1v) is 3.93. The van der Waals surface area contributed by atoms with Crippen LogP contribution < -0.4 is 0 Å². The highest BCUT2D eigenvalue weighted by Gasteiger charge is 1.78. The van der Waals surface area contributed by atoms with E-state index in [9.17, 15) is 0 Å². The van der Waals surface area contributed by atoms with Gasteiger partial charge in [0, 0.05) is 0 Å². The van der Waals surface area contributed by atoms with Gasteiger partial charge in [0.05, 0.1) is 0 Å². The molecule has 0 atom stereocenters. The molecule has 0 amide bonds. The standard InChI is InChI=1S/C11H16/c1-4-6-7-8-9-10-11(3)5-2/h4,6-7,9-10H,1,3,5,8H2,2H3/b7-6+,10-9+. The average Bonchev–Trinajstić information content (AvgIpc) is 2.04. The van der Waals surface area contributed by atoms with E-state index < -0.39 is 0 Å². The van der Waals surface area contributed by atoms with Crippen LogP contribution in [-0.2, 0) is 0 Å². The quantitative estimate of drug-likeness (QED) is 0.522. The van der Waals surface area contributed by atoms with Crippen LogP contribution in [0.1, 0.15) is 19.8 Å². The first-order chi connectivity index (χ1) is 5.31.